The molecule has 0 spiro atoms. The number of carbonyl (C=O) groups excluding carboxylic acids is 2. The fourth-order valence-electron chi connectivity index (χ4n) is 1.82. The maximum absolute atomic E-state index is 11.7. The quantitative estimate of drug-likeness (QED) is 0.466. The van der Waals surface area contributed by atoms with Gasteiger partial charge in [-0.05, 0) is 51.5 Å². The molecule has 0 radical (unpaired) electrons. The van der Waals surface area contributed by atoms with Crippen LogP contribution in [-0.2, 0) is 14.3 Å². The summed E-state index contributed by atoms with van der Waals surface area (Å²) in [6.45, 7) is 8.73. The van der Waals surface area contributed by atoms with E-state index in [2.05, 4.69) is 5.32 Å². The molecule has 7 nitrogen and oxygen atoms in total. The molecule has 1 unspecified atom stereocenters. The van der Waals surface area contributed by atoms with Gasteiger partial charge in [-0.15, -0.1) is 0 Å². The highest BCUT2D eigenvalue weighted by Crippen LogP contribution is 2.15. The standard InChI is InChI=1S/C18H26N2O5/c1-6-14(11-23-12(2)21)24-15-9-7-13(8-10-15)16(19)20-17(22)25-18(3,4)5/h7-10,14H,6,11H2,1-5H3,(H2,19,20,22). The first-order valence-electron chi connectivity index (χ1n) is 8.09. The second-order valence-corrected chi connectivity index (χ2v) is 6.48. The van der Waals surface area contributed by atoms with Crippen molar-refractivity contribution in [2.24, 2.45) is 0 Å². The maximum atomic E-state index is 11.7. The SMILES string of the molecule is CCC(COC(C)=O)Oc1ccc(C(=N)NC(=O)OC(C)(C)C)cc1. The summed E-state index contributed by atoms with van der Waals surface area (Å²) in [5.74, 6) is 0.180. The summed E-state index contributed by atoms with van der Waals surface area (Å²) in [5.41, 5.74) is -0.106. The van der Waals surface area contributed by atoms with Gasteiger partial charge >= 0.3 is 12.1 Å². The van der Waals surface area contributed by atoms with E-state index in [1.165, 1.54) is 6.92 Å². The van der Waals surface area contributed by atoms with Crippen molar-refractivity contribution in [3.63, 3.8) is 0 Å². The lowest BCUT2D eigenvalue weighted by Crippen LogP contribution is -2.36. The summed E-state index contributed by atoms with van der Waals surface area (Å²) in [5, 5.41) is 10.3. The van der Waals surface area contributed by atoms with Crippen LogP contribution in [0, 0.1) is 5.41 Å². The second-order valence-electron chi connectivity index (χ2n) is 6.48. The molecular formula is C18H26N2O5. The lowest BCUT2D eigenvalue weighted by molar-refractivity contribution is -0.143. The van der Waals surface area contributed by atoms with Crippen LogP contribution in [0.3, 0.4) is 0 Å². The van der Waals surface area contributed by atoms with Crippen LogP contribution in [0.1, 0.15) is 46.6 Å². The first kappa shape index (κ1) is 20.5. The topological polar surface area (TPSA) is 97.7 Å². The third-order valence-electron chi connectivity index (χ3n) is 3.00. The zero-order chi connectivity index (χ0) is 19.0. The number of amidine groups is 1. The van der Waals surface area contributed by atoms with Gasteiger partial charge in [-0.1, -0.05) is 6.92 Å². The van der Waals surface area contributed by atoms with E-state index in [0.29, 0.717) is 17.7 Å². The van der Waals surface area contributed by atoms with E-state index >= 15 is 0 Å². The Morgan fingerprint density at radius 1 is 1.20 bits per heavy atom. The minimum Gasteiger partial charge on any atom is -0.487 e. The molecule has 0 fully saturated rings. The predicted molar refractivity (Wildman–Crippen MR) is 94.0 cm³/mol. The van der Waals surface area contributed by atoms with Crippen LogP contribution in [0.5, 0.6) is 5.75 Å². The van der Waals surface area contributed by atoms with Gasteiger partial charge in [0.05, 0.1) is 0 Å². The first-order valence-corrected chi connectivity index (χ1v) is 8.09. The Morgan fingerprint density at radius 2 is 1.80 bits per heavy atom. The largest absolute Gasteiger partial charge is 0.487 e. The predicted octanol–water partition coefficient (Wildman–Crippen LogP) is 3.26. The van der Waals surface area contributed by atoms with E-state index in [0.717, 1.165) is 0 Å². The monoisotopic (exact) mass is 350 g/mol. The molecule has 0 bridgehead atoms. The van der Waals surface area contributed by atoms with Crippen molar-refractivity contribution in [1.82, 2.24) is 5.32 Å². The van der Waals surface area contributed by atoms with Crippen LogP contribution < -0.4 is 10.1 Å². The molecule has 0 heterocycles. The van der Waals surface area contributed by atoms with E-state index in [-0.39, 0.29) is 24.5 Å². The highest BCUT2D eigenvalue weighted by molar-refractivity contribution is 6.04. The third-order valence-corrected chi connectivity index (χ3v) is 3.00. The summed E-state index contributed by atoms with van der Waals surface area (Å²) in [7, 11) is 0. The van der Waals surface area contributed by atoms with Crippen LogP contribution in [0.15, 0.2) is 24.3 Å². The molecular weight excluding hydrogens is 324 g/mol. The van der Waals surface area contributed by atoms with Crippen LogP contribution in [0.4, 0.5) is 4.79 Å². The van der Waals surface area contributed by atoms with Gasteiger partial charge in [0, 0.05) is 12.5 Å². The zero-order valence-electron chi connectivity index (χ0n) is 15.3. The van der Waals surface area contributed by atoms with Crippen LogP contribution >= 0.6 is 0 Å². The molecule has 0 saturated carbocycles. The summed E-state index contributed by atoms with van der Waals surface area (Å²) in [4.78, 5) is 22.5. The second kappa shape index (κ2) is 9.05. The van der Waals surface area contributed by atoms with E-state index < -0.39 is 11.7 Å². The van der Waals surface area contributed by atoms with Gasteiger partial charge in [-0.25, -0.2) is 4.79 Å². The summed E-state index contributed by atoms with van der Waals surface area (Å²) in [6, 6.07) is 6.70. The average Bonchev–Trinajstić information content (AvgIpc) is 2.49. The Morgan fingerprint density at radius 3 is 2.28 bits per heavy atom. The van der Waals surface area contributed by atoms with Crippen molar-refractivity contribution in [2.45, 2.75) is 52.7 Å². The Kier molecular flexibility index (Phi) is 7.42. The zero-order valence-corrected chi connectivity index (χ0v) is 15.3. The molecule has 138 valence electrons. The van der Waals surface area contributed by atoms with E-state index in [1.54, 1.807) is 45.0 Å². The van der Waals surface area contributed by atoms with E-state index in [9.17, 15) is 9.59 Å². The van der Waals surface area contributed by atoms with Crippen LogP contribution in [0.2, 0.25) is 0 Å². The Hall–Kier alpha value is -2.57. The van der Waals surface area contributed by atoms with E-state index in [4.69, 9.17) is 19.6 Å². The van der Waals surface area contributed by atoms with Crippen molar-refractivity contribution in [1.29, 1.82) is 5.41 Å². The number of hydrogen-bond donors (Lipinski definition) is 2. The average molecular weight is 350 g/mol. The van der Waals surface area contributed by atoms with Crippen molar-refractivity contribution >= 4 is 17.9 Å². The molecule has 1 aromatic rings. The Labute approximate surface area is 148 Å². The van der Waals surface area contributed by atoms with Crippen molar-refractivity contribution in [3.8, 4) is 5.75 Å². The number of carbonyl (C=O) groups is 2. The number of hydrogen-bond acceptors (Lipinski definition) is 6. The summed E-state index contributed by atoms with van der Waals surface area (Å²) < 4.78 is 15.8. The molecule has 0 saturated heterocycles. The van der Waals surface area contributed by atoms with Gasteiger partial charge < -0.3 is 14.2 Å². The molecule has 7 heteroatoms. The number of amides is 1. The fourth-order valence-corrected chi connectivity index (χ4v) is 1.82. The highest BCUT2D eigenvalue weighted by Gasteiger charge is 2.17. The van der Waals surface area contributed by atoms with Crippen molar-refractivity contribution < 1.29 is 23.8 Å². The molecule has 0 aliphatic carbocycles. The molecule has 0 aliphatic rings. The molecule has 0 aliphatic heterocycles. The number of benzene rings is 1. The van der Waals surface area contributed by atoms with E-state index in [1.807, 2.05) is 6.92 Å². The summed E-state index contributed by atoms with van der Waals surface area (Å²) in [6.07, 6.45) is -0.232. The number of nitrogens with one attached hydrogen (secondary N) is 2. The number of alkyl carbamates (subject to hydrolysis) is 1. The molecule has 25 heavy (non-hydrogen) atoms. The maximum Gasteiger partial charge on any atom is 0.413 e. The lowest BCUT2D eigenvalue weighted by atomic mass is 10.2. The van der Waals surface area contributed by atoms with Crippen LogP contribution in [-0.4, -0.2) is 36.2 Å². The molecule has 1 rings (SSSR count). The van der Waals surface area contributed by atoms with Gasteiger partial charge in [0.2, 0.25) is 0 Å². The highest BCUT2D eigenvalue weighted by atomic mass is 16.6. The number of esters is 1. The minimum absolute atomic E-state index is 0.0623. The Balaban J connectivity index is 2.61. The fraction of sp³-hybridized carbons (Fsp3) is 0.500. The molecule has 0 aromatic heterocycles. The smallest absolute Gasteiger partial charge is 0.413 e. The molecule has 1 atom stereocenters. The van der Waals surface area contributed by atoms with Gasteiger partial charge in [-0.3, -0.25) is 15.5 Å². The molecule has 1 amide bonds. The lowest BCUT2D eigenvalue weighted by Gasteiger charge is -2.20. The van der Waals surface area contributed by atoms with Gasteiger partial charge in [0.15, 0.2) is 0 Å². The van der Waals surface area contributed by atoms with Gasteiger partial charge in [-0.2, -0.15) is 0 Å². The van der Waals surface area contributed by atoms with Crippen molar-refractivity contribution in [2.75, 3.05) is 6.61 Å². The van der Waals surface area contributed by atoms with Crippen LogP contribution in [0.25, 0.3) is 0 Å². The van der Waals surface area contributed by atoms with Gasteiger partial charge in [0.25, 0.3) is 0 Å². The normalized spacial score (nSPS) is 12.0. The van der Waals surface area contributed by atoms with Gasteiger partial charge in [0.1, 0.15) is 29.9 Å². The van der Waals surface area contributed by atoms with Crippen molar-refractivity contribution in [3.05, 3.63) is 29.8 Å². The Bertz CT molecular complexity index is 605. The molecule has 1 aromatic carbocycles. The molecule has 2 N–H and O–H groups in total. The number of rotatable bonds is 6. The summed E-state index contributed by atoms with van der Waals surface area (Å²) >= 11 is 0. The minimum atomic E-state index is -0.676. The first-order chi connectivity index (χ1) is 11.6. The third kappa shape index (κ3) is 8.19. The number of ether oxygens (including phenoxy) is 3.